The van der Waals surface area contributed by atoms with E-state index in [9.17, 15) is 4.79 Å². The van der Waals surface area contributed by atoms with Crippen LogP contribution in [0.25, 0.3) is 10.9 Å². The zero-order chi connectivity index (χ0) is 21.5. The van der Waals surface area contributed by atoms with Gasteiger partial charge in [-0.25, -0.2) is 9.67 Å². The highest BCUT2D eigenvalue weighted by atomic mass is 16.3. The van der Waals surface area contributed by atoms with Crippen LogP contribution >= 0.6 is 0 Å². The van der Waals surface area contributed by atoms with E-state index < -0.39 is 0 Å². The Hall–Kier alpha value is -3.13. The number of aliphatic imine (C=N–C) groups is 1. The van der Waals surface area contributed by atoms with Gasteiger partial charge in [0.2, 0.25) is 5.91 Å². The fraction of sp³-hybridized carbons (Fsp3) is 0.409. The molecule has 1 atom stereocenters. The molecule has 1 aliphatic carbocycles. The lowest BCUT2D eigenvalue weighted by molar-refractivity contribution is -0.126. The van der Waals surface area contributed by atoms with E-state index in [1.165, 1.54) is 6.20 Å². The number of hydrogen-bond acceptors (Lipinski definition) is 6. The monoisotopic (exact) mass is 410 g/mol. The minimum Gasteiger partial charge on any atom is -0.404 e. The molecule has 0 spiro atoms. The van der Waals surface area contributed by atoms with Gasteiger partial charge in [0, 0.05) is 23.4 Å². The van der Waals surface area contributed by atoms with Crippen molar-refractivity contribution >= 4 is 22.6 Å². The van der Waals surface area contributed by atoms with E-state index in [1.807, 2.05) is 24.3 Å². The highest BCUT2D eigenvalue weighted by molar-refractivity contribution is 6.00. The molecule has 8 nitrogen and oxygen atoms in total. The molecule has 0 saturated heterocycles. The van der Waals surface area contributed by atoms with Crippen LogP contribution < -0.4 is 16.4 Å². The van der Waals surface area contributed by atoms with Gasteiger partial charge in [0.25, 0.3) is 0 Å². The number of allylic oxidation sites excluding steroid dienone is 1. The van der Waals surface area contributed by atoms with Crippen LogP contribution in [0, 0.1) is 5.92 Å². The molecule has 1 heterocycles. The molecule has 0 unspecified atom stereocenters. The first kappa shape index (κ1) is 21.6. The van der Waals surface area contributed by atoms with Crippen LogP contribution in [-0.2, 0) is 4.79 Å². The smallest absolute Gasteiger partial charge is 0.223 e. The second-order valence-corrected chi connectivity index (χ2v) is 7.68. The van der Waals surface area contributed by atoms with Crippen LogP contribution in [0.15, 0.2) is 60.1 Å². The molecule has 1 aliphatic rings. The molecule has 160 valence electrons. The van der Waals surface area contributed by atoms with Gasteiger partial charge < -0.3 is 21.5 Å². The minimum atomic E-state index is -0.213. The van der Waals surface area contributed by atoms with E-state index in [0.29, 0.717) is 11.7 Å². The van der Waals surface area contributed by atoms with E-state index >= 15 is 0 Å². The number of para-hydroxylation sites is 1. The van der Waals surface area contributed by atoms with Crippen molar-refractivity contribution in [3.8, 4) is 0 Å². The maximum Gasteiger partial charge on any atom is 0.223 e. The molecule has 0 aliphatic heterocycles. The number of aliphatic hydroxyl groups is 1. The zero-order valence-electron chi connectivity index (χ0n) is 17.3. The van der Waals surface area contributed by atoms with Gasteiger partial charge >= 0.3 is 0 Å². The van der Waals surface area contributed by atoms with E-state index in [2.05, 4.69) is 27.3 Å². The highest BCUT2D eigenvalue weighted by Gasteiger charge is 2.27. The van der Waals surface area contributed by atoms with Crippen molar-refractivity contribution in [1.82, 2.24) is 20.4 Å². The molecule has 0 radical (unpaired) electrons. The average molecular weight is 411 g/mol. The molecule has 3 rings (SSSR count). The number of nitrogens with two attached hydrogens (primary N) is 1. The van der Waals surface area contributed by atoms with Crippen LogP contribution in [0.1, 0.15) is 32.6 Å². The van der Waals surface area contributed by atoms with Crippen LogP contribution in [0.2, 0.25) is 0 Å². The topological polar surface area (TPSA) is 118 Å². The first-order chi connectivity index (χ1) is 14.5. The van der Waals surface area contributed by atoms with Crippen molar-refractivity contribution < 1.29 is 9.90 Å². The second kappa shape index (κ2) is 10.1. The number of nitrogens with zero attached hydrogens (tertiary/aromatic N) is 3. The van der Waals surface area contributed by atoms with Crippen molar-refractivity contribution in [2.45, 2.75) is 44.7 Å². The Bertz CT molecular complexity index is 940. The third-order valence-electron chi connectivity index (χ3n) is 5.32. The zero-order valence-corrected chi connectivity index (χ0v) is 17.3. The van der Waals surface area contributed by atoms with Crippen LogP contribution in [0.3, 0.4) is 0 Å². The molecule has 1 aromatic carbocycles. The van der Waals surface area contributed by atoms with Crippen molar-refractivity contribution in [3.63, 3.8) is 0 Å². The van der Waals surface area contributed by atoms with Crippen molar-refractivity contribution in [2.75, 3.05) is 6.61 Å². The number of amides is 1. The van der Waals surface area contributed by atoms with Crippen LogP contribution in [-0.4, -0.2) is 45.3 Å². The quantitative estimate of drug-likeness (QED) is 0.411. The molecule has 1 fully saturated rings. The number of carbonyl (C=O) groups is 1. The summed E-state index contributed by atoms with van der Waals surface area (Å²) in [5.74, 6) is 1.11. The summed E-state index contributed by atoms with van der Waals surface area (Å²) in [5.41, 5.74) is 6.56. The second-order valence-electron chi connectivity index (χ2n) is 7.68. The maximum absolute atomic E-state index is 12.2. The van der Waals surface area contributed by atoms with Gasteiger partial charge in [-0.3, -0.25) is 4.79 Å². The number of aromatic nitrogens is 2. The number of benzene rings is 1. The Morgan fingerprint density at radius 3 is 2.83 bits per heavy atom. The van der Waals surface area contributed by atoms with Crippen molar-refractivity contribution in [2.24, 2.45) is 16.6 Å². The molecular weight excluding hydrogens is 380 g/mol. The van der Waals surface area contributed by atoms with Gasteiger partial charge in [-0.15, -0.1) is 0 Å². The standard InChI is InChI=1S/C22H30N6O2/c1-15(14-29)25-22(30)17-7-9-19(10-8-17)26-16(2)27-21(11-12-23)28-20-6-4-3-5-18(20)13-24-28/h3-6,11-13,15,17,19,26,29H,2,7-10,14,23H2,1H3,(H,25,30)/b12-11-,27-21+/t15-,17?,19?/m1/s1. The van der Waals surface area contributed by atoms with Gasteiger partial charge in [-0.2, -0.15) is 5.10 Å². The normalized spacial score (nSPS) is 20.9. The number of nitrogens with one attached hydrogen (secondary N) is 2. The first-order valence-corrected chi connectivity index (χ1v) is 10.3. The molecule has 1 saturated carbocycles. The number of rotatable bonds is 7. The number of carbonyl (C=O) groups excluding carboxylic acids is 1. The Morgan fingerprint density at radius 1 is 1.40 bits per heavy atom. The van der Waals surface area contributed by atoms with Gasteiger partial charge in [-0.1, -0.05) is 24.8 Å². The van der Waals surface area contributed by atoms with Gasteiger partial charge in [0.15, 0.2) is 5.84 Å². The van der Waals surface area contributed by atoms with E-state index in [1.54, 1.807) is 23.9 Å². The van der Waals surface area contributed by atoms with Gasteiger partial charge in [-0.05, 0) is 50.9 Å². The lowest BCUT2D eigenvalue weighted by atomic mass is 9.85. The molecule has 2 aromatic rings. The lowest BCUT2D eigenvalue weighted by Crippen LogP contribution is -2.42. The Labute approximate surface area is 176 Å². The molecule has 1 aromatic heterocycles. The highest BCUT2D eigenvalue weighted by Crippen LogP contribution is 2.25. The van der Waals surface area contributed by atoms with Crippen molar-refractivity contribution in [1.29, 1.82) is 0 Å². The number of aliphatic hydroxyl groups excluding tert-OH is 1. The minimum absolute atomic E-state index is 0.0139. The predicted molar refractivity (Wildman–Crippen MR) is 119 cm³/mol. The Kier molecular flexibility index (Phi) is 7.24. The SMILES string of the molecule is C=C(/N=C(\C=C/N)n1ncc2ccccc21)NC1CCC(C(=O)N[C@H](C)CO)CC1. The summed E-state index contributed by atoms with van der Waals surface area (Å²) in [6, 6.07) is 7.88. The fourth-order valence-corrected chi connectivity index (χ4v) is 3.71. The van der Waals surface area contributed by atoms with Crippen LogP contribution in [0.4, 0.5) is 0 Å². The Morgan fingerprint density at radius 2 is 2.13 bits per heavy atom. The summed E-state index contributed by atoms with van der Waals surface area (Å²) >= 11 is 0. The summed E-state index contributed by atoms with van der Waals surface area (Å²) in [5, 5.41) is 20.7. The summed E-state index contributed by atoms with van der Waals surface area (Å²) < 4.78 is 1.73. The van der Waals surface area contributed by atoms with E-state index in [-0.39, 0.29) is 30.5 Å². The third kappa shape index (κ3) is 5.27. The average Bonchev–Trinajstić information content (AvgIpc) is 3.18. The molecular formula is C22H30N6O2. The summed E-state index contributed by atoms with van der Waals surface area (Å²) in [7, 11) is 0. The third-order valence-corrected chi connectivity index (χ3v) is 5.32. The predicted octanol–water partition coefficient (Wildman–Crippen LogP) is 1.87. The van der Waals surface area contributed by atoms with Gasteiger partial charge in [0.1, 0.15) is 5.82 Å². The Balaban J connectivity index is 1.61. The van der Waals surface area contributed by atoms with E-state index in [0.717, 1.165) is 36.6 Å². The summed E-state index contributed by atoms with van der Waals surface area (Å²) in [4.78, 5) is 16.8. The fourth-order valence-electron chi connectivity index (χ4n) is 3.71. The largest absolute Gasteiger partial charge is 0.404 e. The molecule has 0 bridgehead atoms. The molecule has 5 N–H and O–H groups in total. The maximum atomic E-state index is 12.2. The molecule has 30 heavy (non-hydrogen) atoms. The summed E-state index contributed by atoms with van der Waals surface area (Å²) in [6.07, 6.45) is 8.20. The van der Waals surface area contributed by atoms with E-state index in [4.69, 9.17) is 10.8 Å². The first-order valence-electron chi connectivity index (χ1n) is 10.3. The summed E-state index contributed by atoms with van der Waals surface area (Å²) in [6.45, 7) is 5.79. The molecule has 1 amide bonds. The van der Waals surface area contributed by atoms with Crippen LogP contribution in [0.5, 0.6) is 0 Å². The van der Waals surface area contributed by atoms with Crippen molar-refractivity contribution in [3.05, 3.63) is 55.1 Å². The number of hydrogen-bond donors (Lipinski definition) is 4. The van der Waals surface area contributed by atoms with Gasteiger partial charge in [0.05, 0.1) is 18.3 Å². The number of fused-ring (bicyclic) bond motifs is 1. The molecule has 8 heteroatoms. The lowest BCUT2D eigenvalue weighted by Gasteiger charge is -2.29.